The summed E-state index contributed by atoms with van der Waals surface area (Å²) in [6.07, 6.45) is 8.51. The van der Waals surface area contributed by atoms with E-state index in [1.807, 2.05) is 12.3 Å². The highest BCUT2D eigenvalue weighted by molar-refractivity contribution is 6.05. The summed E-state index contributed by atoms with van der Waals surface area (Å²) in [7, 11) is 0. The summed E-state index contributed by atoms with van der Waals surface area (Å²) >= 11 is 0. The van der Waals surface area contributed by atoms with Crippen molar-refractivity contribution in [3.8, 4) is 0 Å². The van der Waals surface area contributed by atoms with Gasteiger partial charge in [0.2, 0.25) is 5.95 Å². The number of nitrogens with one attached hydrogen (secondary N) is 3. The molecule has 0 radical (unpaired) electrons. The molecule has 0 bridgehead atoms. The van der Waals surface area contributed by atoms with Gasteiger partial charge in [-0.25, -0.2) is 4.98 Å². The Labute approximate surface area is 157 Å². The summed E-state index contributed by atoms with van der Waals surface area (Å²) in [4.78, 5) is 16.7. The summed E-state index contributed by atoms with van der Waals surface area (Å²) in [6, 6.07) is 10.5. The summed E-state index contributed by atoms with van der Waals surface area (Å²) in [5.41, 5.74) is 3.78. The number of nitrogens with zero attached hydrogens (tertiary/aromatic N) is 3. The number of anilines is 2. The minimum atomic E-state index is 0.102. The van der Waals surface area contributed by atoms with Crippen LogP contribution in [0.4, 0.5) is 11.8 Å². The van der Waals surface area contributed by atoms with E-state index in [0.29, 0.717) is 5.95 Å². The van der Waals surface area contributed by atoms with Crippen molar-refractivity contribution in [2.75, 3.05) is 17.2 Å². The highest BCUT2D eigenvalue weighted by Gasteiger charge is 2.27. The van der Waals surface area contributed by atoms with Gasteiger partial charge in [-0.2, -0.15) is 4.98 Å². The Balaban J connectivity index is 1.28. The van der Waals surface area contributed by atoms with E-state index in [1.54, 1.807) is 6.20 Å². The van der Waals surface area contributed by atoms with Crippen molar-refractivity contribution in [3.63, 3.8) is 0 Å². The molecule has 5 rings (SSSR count). The van der Waals surface area contributed by atoms with Crippen molar-refractivity contribution in [2.45, 2.75) is 25.8 Å². The molecule has 0 unspecified atom stereocenters. The number of hydrogen-bond donors (Lipinski definition) is 3. The average Bonchev–Trinajstić information content (AvgIpc) is 3.23. The fourth-order valence-electron chi connectivity index (χ4n) is 3.47. The molecule has 3 heterocycles. The van der Waals surface area contributed by atoms with E-state index < -0.39 is 0 Å². The van der Waals surface area contributed by atoms with Crippen LogP contribution in [-0.4, -0.2) is 27.3 Å². The number of H-pyrrole nitrogens is 1. The maximum atomic E-state index is 4.59. The van der Waals surface area contributed by atoms with Crippen molar-refractivity contribution in [1.29, 1.82) is 0 Å². The number of aliphatic imine (C=N–C) groups is 1. The first-order valence-corrected chi connectivity index (χ1v) is 9.43. The zero-order chi connectivity index (χ0) is 18.2. The van der Waals surface area contributed by atoms with Crippen LogP contribution in [0.1, 0.15) is 31.4 Å². The summed E-state index contributed by atoms with van der Waals surface area (Å²) in [5, 5.41) is 7.90. The van der Waals surface area contributed by atoms with E-state index in [9.17, 15) is 0 Å². The third-order valence-corrected chi connectivity index (χ3v) is 5.19. The van der Waals surface area contributed by atoms with Gasteiger partial charge in [0.1, 0.15) is 11.7 Å². The van der Waals surface area contributed by atoms with Crippen molar-refractivity contribution >= 4 is 28.5 Å². The Morgan fingerprint density at radius 2 is 2.11 bits per heavy atom. The monoisotopic (exact) mass is 358 g/mol. The molecule has 0 spiro atoms. The van der Waals surface area contributed by atoms with Gasteiger partial charge >= 0.3 is 0 Å². The number of hydrogen-bond acceptors (Lipinski definition) is 5. The minimum Gasteiger partial charge on any atom is -0.361 e. The quantitative estimate of drug-likeness (QED) is 0.636. The van der Waals surface area contributed by atoms with Crippen LogP contribution < -0.4 is 10.6 Å². The number of aromatic amines is 1. The number of benzene rings is 1. The van der Waals surface area contributed by atoms with Crippen LogP contribution in [-0.2, 0) is 0 Å². The molecule has 1 aromatic carbocycles. The largest absolute Gasteiger partial charge is 0.361 e. The van der Waals surface area contributed by atoms with Crippen LogP contribution in [0.5, 0.6) is 0 Å². The lowest BCUT2D eigenvalue weighted by molar-refractivity contribution is 0.863. The molecule has 2 aliphatic rings. The van der Waals surface area contributed by atoms with Gasteiger partial charge in [0.05, 0.1) is 12.6 Å². The number of aromatic nitrogens is 3. The summed E-state index contributed by atoms with van der Waals surface area (Å²) in [6.45, 7) is 2.94. The standard InChI is InChI=1S/C21H22N6/c1-13(15-4-5-18-16(10-15)6-8-22-18)25-21-23-9-7-19(27-21)26-20-11-17(12-24-20)14-2-3-14/h4-11,13-14,22H,2-3,12H2,1H3,(H2,23,24,25,26,27)/t13-/m1/s1. The van der Waals surface area contributed by atoms with Gasteiger partial charge in [0, 0.05) is 17.9 Å². The van der Waals surface area contributed by atoms with Gasteiger partial charge in [-0.05, 0) is 72.5 Å². The molecule has 1 aliphatic heterocycles. The maximum absolute atomic E-state index is 4.59. The van der Waals surface area contributed by atoms with E-state index in [4.69, 9.17) is 0 Å². The zero-order valence-corrected chi connectivity index (χ0v) is 15.2. The van der Waals surface area contributed by atoms with Crippen molar-refractivity contribution in [3.05, 3.63) is 59.9 Å². The number of amidine groups is 1. The Morgan fingerprint density at radius 3 is 3.00 bits per heavy atom. The average molecular weight is 358 g/mol. The molecule has 1 saturated carbocycles. The van der Waals surface area contributed by atoms with E-state index in [2.05, 4.69) is 67.8 Å². The van der Waals surface area contributed by atoms with Crippen LogP contribution in [0.15, 0.2) is 59.4 Å². The smallest absolute Gasteiger partial charge is 0.225 e. The third-order valence-electron chi connectivity index (χ3n) is 5.19. The molecule has 3 aromatic rings. The van der Waals surface area contributed by atoms with E-state index in [0.717, 1.165) is 29.6 Å². The van der Waals surface area contributed by atoms with Gasteiger partial charge < -0.3 is 15.6 Å². The zero-order valence-electron chi connectivity index (χ0n) is 15.2. The van der Waals surface area contributed by atoms with Gasteiger partial charge in [-0.3, -0.25) is 4.99 Å². The van der Waals surface area contributed by atoms with Crippen LogP contribution in [0.3, 0.4) is 0 Å². The van der Waals surface area contributed by atoms with E-state index in [1.165, 1.54) is 29.4 Å². The highest BCUT2D eigenvalue weighted by Crippen LogP contribution is 2.37. The first kappa shape index (κ1) is 16.1. The topological polar surface area (TPSA) is 78.0 Å². The van der Waals surface area contributed by atoms with Gasteiger partial charge in [-0.1, -0.05) is 6.07 Å². The highest BCUT2D eigenvalue weighted by atomic mass is 15.2. The molecule has 0 amide bonds. The lowest BCUT2D eigenvalue weighted by Gasteiger charge is -2.15. The molecule has 0 saturated heterocycles. The second-order valence-electron chi connectivity index (χ2n) is 7.28. The van der Waals surface area contributed by atoms with Crippen LogP contribution in [0, 0.1) is 5.92 Å². The molecule has 1 aliphatic carbocycles. The SMILES string of the molecule is C[C@@H](Nc1nccc(NC2=NCC(C3CC3)=C2)n1)c1ccc2[nH]ccc2c1. The molecule has 6 nitrogen and oxygen atoms in total. The maximum Gasteiger partial charge on any atom is 0.225 e. The molecule has 27 heavy (non-hydrogen) atoms. The number of fused-ring (bicyclic) bond motifs is 1. The van der Waals surface area contributed by atoms with Gasteiger partial charge in [0.25, 0.3) is 0 Å². The van der Waals surface area contributed by atoms with Gasteiger partial charge in [-0.15, -0.1) is 0 Å². The molecule has 1 atom stereocenters. The Morgan fingerprint density at radius 1 is 1.19 bits per heavy atom. The van der Waals surface area contributed by atoms with Crippen molar-refractivity contribution in [1.82, 2.24) is 15.0 Å². The summed E-state index contributed by atoms with van der Waals surface area (Å²) in [5.74, 6) is 3.01. The molecule has 3 N–H and O–H groups in total. The first-order chi connectivity index (χ1) is 13.2. The Kier molecular flexibility index (Phi) is 3.89. The normalized spacial score (nSPS) is 17.5. The molecule has 1 fully saturated rings. The fourth-order valence-corrected chi connectivity index (χ4v) is 3.47. The van der Waals surface area contributed by atoms with E-state index in [-0.39, 0.29) is 6.04 Å². The first-order valence-electron chi connectivity index (χ1n) is 9.43. The second kappa shape index (κ2) is 6.54. The van der Waals surface area contributed by atoms with Crippen molar-refractivity contribution in [2.24, 2.45) is 10.9 Å². The Hall–Kier alpha value is -3.15. The minimum absolute atomic E-state index is 0.102. The molecule has 136 valence electrons. The van der Waals surface area contributed by atoms with Crippen LogP contribution in [0.25, 0.3) is 10.9 Å². The van der Waals surface area contributed by atoms with Crippen molar-refractivity contribution < 1.29 is 0 Å². The van der Waals surface area contributed by atoms with Crippen LogP contribution in [0.2, 0.25) is 0 Å². The predicted molar refractivity (Wildman–Crippen MR) is 109 cm³/mol. The summed E-state index contributed by atoms with van der Waals surface area (Å²) < 4.78 is 0. The fraction of sp³-hybridized carbons (Fsp3) is 0.286. The lowest BCUT2D eigenvalue weighted by Crippen LogP contribution is -2.12. The van der Waals surface area contributed by atoms with Crippen LogP contribution >= 0.6 is 0 Å². The predicted octanol–water partition coefficient (Wildman–Crippen LogP) is 4.29. The lowest BCUT2D eigenvalue weighted by atomic mass is 10.1. The molecular weight excluding hydrogens is 336 g/mol. The third kappa shape index (κ3) is 3.43. The van der Waals surface area contributed by atoms with E-state index >= 15 is 0 Å². The molecular formula is C21H22N6. The Bertz CT molecular complexity index is 1040. The number of rotatable bonds is 5. The molecule has 2 aromatic heterocycles. The second-order valence-corrected chi connectivity index (χ2v) is 7.28. The van der Waals surface area contributed by atoms with Gasteiger partial charge in [0.15, 0.2) is 0 Å². The molecule has 6 heteroatoms.